The van der Waals surface area contributed by atoms with Crippen LogP contribution in [0.15, 0.2) is 36.5 Å². The van der Waals surface area contributed by atoms with Gasteiger partial charge in [0.05, 0.1) is 19.0 Å². The van der Waals surface area contributed by atoms with E-state index in [0.717, 1.165) is 37.2 Å². The molecule has 0 fully saturated rings. The molecule has 0 aliphatic rings. The fourth-order valence-electron chi connectivity index (χ4n) is 2.71. The maximum atomic E-state index is 12.3. The SMILES string of the molecule is CCNC/C=C/[C-]=O.[CH2-]Cn1c(C(=O)CCCc2ccc(Cl)cc2OC)cnc1[CH2-].[Li+]. The minimum Gasteiger partial charge on any atom is -0.496 e. The second kappa shape index (κ2) is 16.7. The summed E-state index contributed by atoms with van der Waals surface area (Å²) in [5, 5.41) is 3.66. The molecule has 1 N–H and O–H groups in total. The molecule has 0 aliphatic heterocycles. The zero-order valence-electron chi connectivity index (χ0n) is 18.6. The molecular formula is C23H29ClLiN3O3-2. The first kappa shape index (κ1) is 29.0. The maximum absolute atomic E-state index is 12.3. The molecule has 0 saturated carbocycles. The number of ketones is 1. The number of nitrogens with one attached hydrogen (secondary N) is 1. The van der Waals surface area contributed by atoms with Crippen molar-refractivity contribution in [3.05, 3.63) is 72.5 Å². The van der Waals surface area contributed by atoms with E-state index in [1.165, 1.54) is 6.08 Å². The number of rotatable bonds is 11. The summed E-state index contributed by atoms with van der Waals surface area (Å²) in [5.74, 6) is 1.37. The number of methoxy groups -OCH3 is 1. The monoisotopic (exact) mass is 437 g/mol. The molecule has 6 nitrogen and oxygen atoms in total. The fraction of sp³-hybridized carbons (Fsp3) is 0.348. The van der Waals surface area contributed by atoms with Crippen LogP contribution in [0.5, 0.6) is 5.75 Å². The zero-order chi connectivity index (χ0) is 22.4. The molecule has 0 amide bonds. The van der Waals surface area contributed by atoms with Crippen LogP contribution in [0, 0.1) is 13.8 Å². The van der Waals surface area contributed by atoms with Gasteiger partial charge < -0.3 is 33.3 Å². The molecule has 1 heterocycles. The van der Waals surface area contributed by atoms with Gasteiger partial charge in [-0.2, -0.15) is 6.08 Å². The van der Waals surface area contributed by atoms with Crippen molar-refractivity contribution in [3.8, 4) is 5.75 Å². The van der Waals surface area contributed by atoms with E-state index in [9.17, 15) is 9.59 Å². The number of benzene rings is 1. The number of nitrogens with zero attached hydrogens (tertiary/aromatic N) is 2. The number of allylic oxidation sites excluding steroid dienone is 1. The van der Waals surface area contributed by atoms with Crippen LogP contribution in [-0.2, 0) is 17.8 Å². The van der Waals surface area contributed by atoms with E-state index in [4.69, 9.17) is 16.3 Å². The molecule has 2 aromatic rings. The Hall–Kier alpha value is -1.97. The Morgan fingerprint density at radius 2 is 2.16 bits per heavy atom. The van der Waals surface area contributed by atoms with Gasteiger partial charge in [-0.1, -0.05) is 31.1 Å². The number of halogens is 1. The average molecular weight is 438 g/mol. The number of likely N-dealkylation sites (N-methyl/N-ethyl adjacent to an activating group) is 1. The average Bonchev–Trinajstić information content (AvgIpc) is 3.13. The third-order valence-electron chi connectivity index (χ3n) is 4.24. The molecule has 8 heteroatoms. The van der Waals surface area contributed by atoms with Crippen molar-refractivity contribution in [1.29, 1.82) is 0 Å². The molecular weight excluding hydrogens is 409 g/mol. The van der Waals surface area contributed by atoms with E-state index < -0.39 is 0 Å². The number of aromatic nitrogens is 2. The van der Waals surface area contributed by atoms with Crippen LogP contribution >= 0.6 is 11.6 Å². The predicted octanol–water partition coefficient (Wildman–Crippen LogP) is 1.03. The van der Waals surface area contributed by atoms with Crippen LogP contribution in [0.2, 0.25) is 5.02 Å². The van der Waals surface area contributed by atoms with Gasteiger partial charge in [0, 0.05) is 11.4 Å². The second-order valence-electron chi connectivity index (χ2n) is 6.27. The normalized spacial score (nSPS) is 10.2. The maximum Gasteiger partial charge on any atom is 1.00 e. The molecule has 1 aromatic carbocycles. The topological polar surface area (TPSA) is 73.2 Å². The minimum atomic E-state index is 0. The summed E-state index contributed by atoms with van der Waals surface area (Å²) < 4.78 is 7.04. The smallest absolute Gasteiger partial charge is 0.496 e. The van der Waals surface area contributed by atoms with Gasteiger partial charge in [-0.3, -0.25) is 9.78 Å². The summed E-state index contributed by atoms with van der Waals surface area (Å²) in [4.78, 5) is 25.9. The van der Waals surface area contributed by atoms with E-state index in [2.05, 4.69) is 24.1 Å². The molecule has 164 valence electrons. The Balaban J connectivity index is 0.000000858. The Labute approximate surface area is 202 Å². The van der Waals surface area contributed by atoms with Gasteiger partial charge in [0.2, 0.25) is 0 Å². The van der Waals surface area contributed by atoms with Gasteiger partial charge in [0.1, 0.15) is 5.75 Å². The Morgan fingerprint density at radius 3 is 2.77 bits per heavy atom. The summed E-state index contributed by atoms with van der Waals surface area (Å²) in [6, 6.07) is 5.54. The van der Waals surface area contributed by atoms with E-state index in [1.54, 1.807) is 36.3 Å². The number of carbonyl (C=O) groups is 1. The van der Waals surface area contributed by atoms with Gasteiger partial charge >= 0.3 is 18.9 Å². The quantitative estimate of drug-likeness (QED) is 0.187. The number of imidazole rings is 1. The number of hydrogen-bond acceptors (Lipinski definition) is 5. The Kier molecular flexibility index (Phi) is 15.6. The molecule has 1 aromatic heterocycles. The molecule has 31 heavy (non-hydrogen) atoms. The van der Waals surface area contributed by atoms with Crippen LogP contribution < -0.4 is 28.9 Å². The first-order valence-corrected chi connectivity index (χ1v) is 10.1. The van der Waals surface area contributed by atoms with Gasteiger partial charge in [-0.15, -0.1) is 6.54 Å². The third kappa shape index (κ3) is 10.3. The van der Waals surface area contributed by atoms with E-state index >= 15 is 0 Å². The van der Waals surface area contributed by atoms with E-state index in [0.29, 0.717) is 29.5 Å². The molecule has 0 bridgehead atoms. The number of ether oxygens (including phenoxy) is 1. The van der Waals surface area contributed by atoms with Crippen molar-refractivity contribution in [2.45, 2.75) is 32.7 Å². The van der Waals surface area contributed by atoms with Gasteiger partial charge in [0.25, 0.3) is 0 Å². The first-order chi connectivity index (χ1) is 14.5. The van der Waals surface area contributed by atoms with E-state index in [-0.39, 0.29) is 24.6 Å². The van der Waals surface area contributed by atoms with Crippen LogP contribution in [0.4, 0.5) is 0 Å². The Morgan fingerprint density at radius 1 is 1.42 bits per heavy atom. The van der Waals surface area contributed by atoms with Gasteiger partial charge in [-0.05, 0) is 49.2 Å². The zero-order valence-corrected chi connectivity index (χ0v) is 19.4. The van der Waals surface area contributed by atoms with Crippen molar-refractivity contribution in [1.82, 2.24) is 14.9 Å². The predicted molar refractivity (Wildman–Crippen MR) is 121 cm³/mol. The number of carbonyl (C=O) groups excluding carboxylic acids is 2. The third-order valence-corrected chi connectivity index (χ3v) is 4.48. The van der Waals surface area contributed by atoms with Crippen molar-refractivity contribution in [2.24, 2.45) is 0 Å². The molecule has 0 spiro atoms. The largest absolute Gasteiger partial charge is 1.00 e. The van der Waals surface area contributed by atoms with Crippen molar-refractivity contribution < 1.29 is 33.2 Å². The fourth-order valence-corrected chi connectivity index (χ4v) is 2.88. The van der Waals surface area contributed by atoms with Crippen LogP contribution in [0.1, 0.15) is 41.6 Å². The molecule has 0 aliphatic carbocycles. The van der Waals surface area contributed by atoms with Crippen molar-refractivity contribution in [2.75, 3.05) is 20.2 Å². The first-order valence-electron chi connectivity index (χ1n) is 9.74. The number of hydrogen-bond donors (Lipinski definition) is 1. The van der Waals surface area contributed by atoms with E-state index in [1.807, 2.05) is 19.1 Å². The van der Waals surface area contributed by atoms with Gasteiger partial charge in [0.15, 0.2) is 5.78 Å². The molecule has 2 rings (SSSR count). The summed E-state index contributed by atoms with van der Waals surface area (Å²) >= 11 is 5.94. The molecule has 0 radical (unpaired) electrons. The molecule has 0 unspecified atom stereocenters. The molecule has 0 saturated heterocycles. The van der Waals surface area contributed by atoms with Crippen LogP contribution in [0.3, 0.4) is 0 Å². The summed E-state index contributed by atoms with van der Waals surface area (Å²) in [6.07, 6.45) is 8.24. The summed E-state index contributed by atoms with van der Waals surface area (Å²) in [7, 11) is 1.61. The number of Topliss-reactive ketones (excluding diaryl/α,β-unsaturated/α-hetero) is 1. The number of aryl methyl sites for hydroxylation is 1. The minimum absolute atomic E-state index is 0. The standard InChI is InChI=1S/C17H19ClN2O2.C6H10NO.Li/c1-4-20-12(2)19-11-15(20)16(21)7-5-6-13-8-9-14(18)10-17(13)22-3;1-2-7-5-3-4-6-8;/h8-11H,1-2,4-7H2,3H3;3-4,7H,2,5H2,1H3;/q-2;-1;+1/b;4-3+;. The van der Waals surface area contributed by atoms with Crippen molar-refractivity contribution in [3.63, 3.8) is 0 Å². The van der Waals surface area contributed by atoms with Crippen LogP contribution in [-0.4, -0.2) is 41.8 Å². The summed E-state index contributed by atoms with van der Waals surface area (Å²) in [5.41, 5.74) is 1.62. The van der Waals surface area contributed by atoms with Crippen molar-refractivity contribution >= 4 is 23.7 Å². The molecule has 0 atom stereocenters. The van der Waals surface area contributed by atoms with Gasteiger partial charge in [-0.25, -0.2) is 6.08 Å². The van der Waals surface area contributed by atoms with Crippen LogP contribution in [0.25, 0.3) is 0 Å². The second-order valence-corrected chi connectivity index (χ2v) is 6.71. The Bertz CT molecular complexity index is 837. The summed E-state index contributed by atoms with van der Waals surface area (Å²) in [6.45, 7) is 11.7.